The van der Waals surface area contributed by atoms with E-state index in [-0.39, 0.29) is 0 Å². The molecule has 1 aromatic carbocycles. The zero-order valence-electron chi connectivity index (χ0n) is 9.79. The molecule has 0 spiro atoms. The molecule has 0 unspecified atom stereocenters. The smallest absolute Gasteiger partial charge is 0.118 e. The maximum absolute atomic E-state index is 10.2. The average Bonchev–Trinajstić information content (AvgIpc) is 2.30. The molecule has 0 heterocycles. The van der Waals surface area contributed by atoms with Gasteiger partial charge in [0, 0.05) is 6.42 Å². The first-order valence-electron chi connectivity index (χ1n) is 5.49. The molecule has 0 aliphatic rings. The molecule has 2 heteroatoms. The van der Waals surface area contributed by atoms with Crippen molar-refractivity contribution < 1.29 is 9.84 Å². The van der Waals surface area contributed by atoms with Gasteiger partial charge in [0.05, 0.1) is 12.7 Å². The third-order valence-electron chi connectivity index (χ3n) is 3.01. The van der Waals surface area contributed by atoms with E-state index in [4.69, 9.17) is 4.74 Å². The Morgan fingerprint density at radius 2 is 1.67 bits per heavy atom. The summed E-state index contributed by atoms with van der Waals surface area (Å²) in [5.41, 5.74) is 0.594. The van der Waals surface area contributed by atoms with Crippen molar-refractivity contribution in [2.45, 2.75) is 38.7 Å². The monoisotopic (exact) mass is 208 g/mol. The van der Waals surface area contributed by atoms with Gasteiger partial charge in [-0.2, -0.15) is 0 Å². The average molecular weight is 208 g/mol. The fourth-order valence-corrected chi connectivity index (χ4v) is 1.62. The number of hydrogen-bond donors (Lipinski definition) is 1. The molecule has 0 bridgehead atoms. The lowest BCUT2D eigenvalue weighted by Crippen LogP contribution is -2.29. The van der Waals surface area contributed by atoms with Crippen molar-refractivity contribution in [3.63, 3.8) is 0 Å². The van der Waals surface area contributed by atoms with Crippen molar-refractivity contribution in [1.29, 1.82) is 0 Å². The SMILES string of the molecule is CCC(O)(CC)Cc1ccc(OC)cc1. The number of benzene rings is 1. The van der Waals surface area contributed by atoms with Crippen molar-refractivity contribution in [3.8, 4) is 5.75 Å². The summed E-state index contributed by atoms with van der Waals surface area (Å²) in [5.74, 6) is 0.857. The van der Waals surface area contributed by atoms with Crippen molar-refractivity contribution >= 4 is 0 Å². The van der Waals surface area contributed by atoms with Crippen LogP contribution in [0, 0.1) is 0 Å². The summed E-state index contributed by atoms with van der Waals surface area (Å²) in [7, 11) is 1.66. The summed E-state index contributed by atoms with van der Waals surface area (Å²) in [4.78, 5) is 0. The Kier molecular flexibility index (Phi) is 4.15. The van der Waals surface area contributed by atoms with Gasteiger partial charge < -0.3 is 9.84 Å². The van der Waals surface area contributed by atoms with Crippen LogP contribution >= 0.6 is 0 Å². The molecule has 0 atom stereocenters. The van der Waals surface area contributed by atoms with Crippen LogP contribution < -0.4 is 4.74 Å². The van der Waals surface area contributed by atoms with E-state index in [0.717, 1.165) is 24.2 Å². The highest BCUT2D eigenvalue weighted by atomic mass is 16.5. The van der Waals surface area contributed by atoms with Crippen molar-refractivity contribution in [3.05, 3.63) is 29.8 Å². The first kappa shape index (κ1) is 12.1. The van der Waals surface area contributed by atoms with Crippen LogP contribution in [0.1, 0.15) is 32.3 Å². The van der Waals surface area contributed by atoms with Gasteiger partial charge in [-0.05, 0) is 30.5 Å². The lowest BCUT2D eigenvalue weighted by Gasteiger charge is -2.25. The fraction of sp³-hybridized carbons (Fsp3) is 0.538. The molecule has 84 valence electrons. The van der Waals surface area contributed by atoms with E-state index in [0.29, 0.717) is 6.42 Å². The summed E-state index contributed by atoms with van der Waals surface area (Å²) >= 11 is 0. The number of aliphatic hydroxyl groups is 1. The second kappa shape index (κ2) is 5.17. The highest BCUT2D eigenvalue weighted by Gasteiger charge is 2.22. The third-order valence-corrected chi connectivity index (χ3v) is 3.01. The molecule has 0 saturated carbocycles. The fourth-order valence-electron chi connectivity index (χ4n) is 1.62. The number of rotatable bonds is 5. The van der Waals surface area contributed by atoms with Crippen LogP contribution in [0.15, 0.2) is 24.3 Å². The van der Waals surface area contributed by atoms with E-state index in [1.54, 1.807) is 7.11 Å². The quantitative estimate of drug-likeness (QED) is 0.806. The van der Waals surface area contributed by atoms with Gasteiger partial charge in [0.1, 0.15) is 5.75 Å². The van der Waals surface area contributed by atoms with Gasteiger partial charge in [-0.25, -0.2) is 0 Å². The van der Waals surface area contributed by atoms with E-state index in [1.165, 1.54) is 0 Å². The Hall–Kier alpha value is -1.02. The Bertz CT molecular complexity index is 286. The third kappa shape index (κ3) is 3.24. The standard InChI is InChI=1S/C13H20O2/c1-4-13(14,5-2)10-11-6-8-12(15-3)9-7-11/h6-9,14H,4-5,10H2,1-3H3. The Morgan fingerprint density at radius 3 is 2.07 bits per heavy atom. The van der Waals surface area contributed by atoms with Crippen molar-refractivity contribution in [2.24, 2.45) is 0 Å². The summed E-state index contributed by atoms with van der Waals surface area (Å²) < 4.78 is 5.09. The molecule has 0 fully saturated rings. The van der Waals surface area contributed by atoms with Gasteiger partial charge in [-0.1, -0.05) is 26.0 Å². The van der Waals surface area contributed by atoms with E-state index in [9.17, 15) is 5.11 Å². The van der Waals surface area contributed by atoms with E-state index in [2.05, 4.69) is 0 Å². The lowest BCUT2D eigenvalue weighted by atomic mass is 9.89. The molecular formula is C13H20O2. The minimum absolute atomic E-state index is 0.561. The van der Waals surface area contributed by atoms with E-state index < -0.39 is 5.60 Å². The Balaban J connectivity index is 2.71. The summed E-state index contributed by atoms with van der Waals surface area (Å²) in [6, 6.07) is 7.88. The van der Waals surface area contributed by atoms with Gasteiger partial charge in [0.25, 0.3) is 0 Å². The van der Waals surface area contributed by atoms with Crippen LogP contribution in [-0.4, -0.2) is 17.8 Å². The van der Waals surface area contributed by atoms with Crippen LogP contribution in [0.25, 0.3) is 0 Å². The number of ether oxygens (including phenoxy) is 1. The molecule has 0 aromatic heterocycles. The normalized spacial score (nSPS) is 11.5. The Labute approximate surface area is 91.9 Å². The molecule has 1 aromatic rings. The van der Waals surface area contributed by atoms with Crippen molar-refractivity contribution in [2.75, 3.05) is 7.11 Å². The molecule has 0 amide bonds. The minimum Gasteiger partial charge on any atom is -0.497 e. The first-order valence-corrected chi connectivity index (χ1v) is 5.49. The number of methoxy groups -OCH3 is 1. The van der Waals surface area contributed by atoms with Gasteiger partial charge in [-0.3, -0.25) is 0 Å². The molecule has 1 rings (SSSR count). The van der Waals surface area contributed by atoms with Crippen LogP contribution in [0.4, 0.5) is 0 Å². The van der Waals surface area contributed by atoms with Crippen LogP contribution in [0.5, 0.6) is 5.75 Å². The molecule has 0 saturated heterocycles. The predicted molar refractivity (Wildman–Crippen MR) is 62.2 cm³/mol. The predicted octanol–water partition coefficient (Wildman–Crippen LogP) is 2.79. The van der Waals surface area contributed by atoms with Gasteiger partial charge in [0.15, 0.2) is 0 Å². The topological polar surface area (TPSA) is 29.5 Å². The maximum atomic E-state index is 10.2. The lowest BCUT2D eigenvalue weighted by molar-refractivity contribution is 0.0326. The molecule has 0 aliphatic carbocycles. The summed E-state index contributed by atoms with van der Waals surface area (Å²) in [5, 5.41) is 10.2. The summed E-state index contributed by atoms with van der Waals surface area (Å²) in [6.45, 7) is 4.04. The summed E-state index contributed by atoms with van der Waals surface area (Å²) in [6.07, 6.45) is 2.29. The first-order chi connectivity index (χ1) is 7.13. The highest BCUT2D eigenvalue weighted by molar-refractivity contribution is 5.28. The highest BCUT2D eigenvalue weighted by Crippen LogP contribution is 2.22. The van der Waals surface area contributed by atoms with E-state index >= 15 is 0 Å². The van der Waals surface area contributed by atoms with Crippen molar-refractivity contribution in [1.82, 2.24) is 0 Å². The second-order valence-corrected chi connectivity index (χ2v) is 3.96. The molecular weight excluding hydrogens is 188 g/mol. The van der Waals surface area contributed by atoms with Gasteiger partial charge >= 0.3 is 0 Å². The molecule has 15 heavy (non-hydrogen) atoms. The molecule has 2 nitrogen and oxygen atoms in total. The van der Waals surface area contributed by atoms with Crippen LogP contribution in [0.3, 0.4) is 0 Å². The molecule has 1 N–H and O–H groups in total. The largest absolute Gasteiger partial charge is 0.497 e. The second-order valence-electron chi connectivity index (χ2n) is 3.96. The van der Waals surface area contributed by atoms with E-state index in [1.807, 2.05) is 38.1 Å². The van der Waals surface area contributed by atoms with Gasteiger partial charge in [0.2, 0.25) is 0 Å². The van der Waals surface area contributed by atoms with Crippen LogP contribution in [0.2, 0.25) is 0 Å². The van der Waals surface area contributed by atoms with Gasteiger partial charge in [-0.15, -0.1) is 0 Å². The van der Waals surface area contributed by atoms with Crippen LogP contribution in [-0.2, 0) is 6.42 Å². The number of hydrogen-bond acceptors (Lipinski definition) is 2. The zero-order chi connectivity index (χ0) is 11.3. The molecule has 0 aliphatic heterocycles. The minimum atomic E-state index is -0.561. The zero-order valence-corrected chi connectivity index (χ0v) is 9.79. The molecule has 0 radical (unpaired) electrons. The Morgan fingerprint density at radius 1 is 1.13 bits per heavy atom. The maximum Gasteiger partial charge on any atom is 0.118 e.